The minimum atomic E-state index is 0.189. The summed E-state index contributed by atoms with van der Waals surface area (Å²) < 4.78 is 11.8. The molecule has 0 radical (unpaired) electrons. The number of nitrogens with two attached hydrogens (primary N) is 1. The van der Waals surface area contributed by atoms with Crippen molar-refractivity contribution in [2.24, 2.45) is 5.73 Å². The number of hydrogen-bond acceptors (Lipinski definition) is 3. The van der Waals surface area contributed by atoms with Crippen molar-refractivity contribution in [1.82, 2.24) is 0 Å². The van der Waals surface area contributed by atoms with Crippen LogP contribution in [0, 0.1) is 0 Å². The Balaban J connectivity index is 2.19. The van der Waals surface area contributed by atoms with Crippen LogP contribution in [0.1, 0.15) is 30.5 Å². The second-order valence-corrected chi connectivity index (χ2v) is 5.59. The van der Waals surface area contributed by atoms with Crippen molar-refractivity contribution >= 4 is 11.6 Å². The first-order valence-electron chi connectivity index (χ1n) is 6.51. The van der Waals surface area contributed by atoms with Crippen LogP contribution in [0.25, 0.3) is 0 Å². The van der Waals surface area contributed by atoms with Gasteiger partial charge >= 0.3 is 0 Å². The highest BCUT2D eigenvalue weighted by Gasteiger charge is 2.34. The van der Waals surface area contributed by atoms with E-state index in [9.17, 15) is 0 Å². The van der Waals surface area contributed by atoms with Crippen molar-refractivity contribution in [3.05, 3.63) is 21.7 Å². The van der Waals surface area contributed by atoms with Crippen molar-refractivity contribution in [1.29, 1.82) is 0 Å². The molecule has 0 bridgehead atoms. The topological polar surface area (TPSA) is 44.5 Å². The monoisotopic (exact) mass is 267 g/mol. The summed E-state index contributed by atoms with van der Waals surface area (Å²) in [6, 6.07) is 0. The lowest BCUT2D eigenvalue weighted by Gasteiger charge is -2.14. The number of fused-ring (bicyclic) bond motifs is 2. The van der Waals surface area contributed by atoms with E-state index in [1.165, 1.54) is 11.1 Å². The van der Waals surface area contributed by atoms with E-state index in [0.29, 0.717) is 6.54 Å². The number of benzene rings is 1. The zero-order valence-corrected chi connectivity index (χ0v) is 11.5. The molecule has 2 unspecified atom stereocenters. The number of hydrogen-bond donors (Lipinski definition) is 1. The Bertz CT molecular complexity index is 462. The van der Waals surface area contributed by atoms with E-state index in [4.69, 9.17) is 26.8 Å². The summed E-state index contributed by atoms with van der Waals surface area (Å²) in [7, 11) is 0. The van der Waals surface area contributed by atoms with Gasteiger partial charge in [-0.05, 0) is 26.8 Å². The summed E-state index contributed by atoms with van der Waals surface area (Å²) >= 11 is 6.47. The fourth-order valence-corrected chi connectivity index (χ4v) is 3.28. The van der Waals surface area contributed by atoms with Crippen LogP contribution in [0.2, 0.25) is 5.02 Å². The fraction of sp³-hybridized carbons (Fsp3) is 0.571. The van der Waals surface area contributed by atoms with E-state index >= 15 is 0 Å². The highest BCUT2D eigenvalue weighted by atomic mass is 35.5. The van der Waals surface area contributed by atoms with Gasteiger partial charge in [0.1, 0.15) is 23.7 Å². The molecule has 0 saturated carbocycles. The van der Waals surface area contributed by atoms with E-state index in [0.717, 1.165) is 41.3 Å². The molecular weight excluding hydrogens is 250 g/mol. The first kappa shape index (κ1) is 12.1. The Morgan fingerprint density at radius 3 is 2.39 bits per heavy atom. The van der Waals surface area contributed by atoms with Crippen LogP contribution in [-0.4, -0.2) is 18.8 Å². The van der Waals surface area contributed by atoms with Crippen molar-refractivity contribution in [2.75, 3.05) is 6.54 Å². The smallest absolute Gasteiger partial charge is 0.142 e. The molecule has 2 heterocycles. The summed E-state index contributed by atoms with van der Waals surface area (Å²) in [5, 5.41) is 0.745. The standard InChI is InChI=1S/C14H18ClNO2/c1-7-5-10-9(3-4-16)13-11(6-8(2)17-13)12(15)14(10)18-7/h7-8H,3-6,16H2,1-2H3. The van der Waals surface area contributed by atoms with E-state index in [-0.39, 0.29) is 12.2 Å². The molecule has 2 aliphatic heterocycles. The molecular formula is C14H18ClNO2. The molecule has 3 nitrogen and oxygen atoms in total. The largest absolute Gasteiger partial charge is 0.490 e. The molecule has 0 aliphatic carbocycles. The van der Waals surface area contributed by atoms with Gasteiger partial charge in [-0.2, -0.15) is 0 Å². The fourth-order valence-electron chi connectivity index (χ4n) is 2.96. The van der Waals surface area contributed by atoms with Gasteiger partial charge in [0.25, 0.3) is 0 Å². The van der Waals surface area contributed by atoms with Crippen LogP contribution >= 0.6 is 11.6 Å². The molecule has 0 aromatic heterocycles. The quantitative estimate of drug-likeness (QED) is 0.895. The highest BCUT2D eigenvalue weighted by molar-refractivity contribution is 6.33. The van der Waals surface area contributed by atoms with Crippen LogP contribution in [0.4, 0.5) is 0 Å². The normalized spacial score (nSPS) is 24.4. The van der Waals surface area contributed by atoms with Crippen molar-refractivity contribution in [2.45, 2.75) is 45.3 Å². The average Bonchev–Trinajstić information content (AvgIpc) is 2.88. The first-order valence-corrected chi connectivity index (χ1v) is 6.89. The van der Waals surface area contributed by atoms with Crippen molar-refractivity contribution < 1.29 is 9.47 Å². The Morgan fingerprint density at radius 1 is 1.11 bits per heavy atom. The molecule has 3 rings (SSSR count). The Kier molecular flexibility index (Phi) is 2.91. The lowest BCUT2D eigenvalue weighted by Crippen LogP contribution is -2.10. The van der Waals surface area contributed by atoms with Gasteiger partial charge in [0.05, 0.1) is 5.02 Å². The summed E-state index contributed by atoms with van der Waals surface area (Å²) in [5.74, 6) is 1.83. The third-order valence-corrected chi connectivity index (χ3v) is 4.07. The van der Waals surface area contributed by atoms with E-state index in [1.807, 2.05) is 0 Å². The summed E-state index contributed by atoms with van der Waals surface area (Å²) in [4.78, 5) is 0. The third-order valence-electron chi connectivity index (χ3n) is 3.67. The van der Waals surface area contributed by atoms with Gasteiger partial charge in [0.15, 0.2) is 0 Å². The summed E-state index contributed by atoms with van der Waals surface area (Å²) in [5.41, 5.74) is 9.23. The van der Waals surface area contributed by atoms with E-state index in [1.54, 1.807) is 0 Å². The Morgan fingerprint density at radius 2 is 1.72 bits per heavy atom. The van der Waals surface area contributed by atoms with Gasteiger partial charge in [0.2, 0.25) is 0 Å². The minimum absolute atomic E-state index is 0.189. The van der Waals surface area contributed by atoms with E-state index in [2.05, 4.69) is 13.8 Å². The molecule has 1 aromatic rings. The maximum Gasteiger partial charge on any atom is 0.142 e. The second kappa shape index (κ2) is 4.32. The average molecular weight is 268 g/mol. The summed E-state index contributed by atoms with van der Waals surface area (Å²) in [6.07, 6.45) is 2.96. The molecule has 18 heavy (non-hydrogen) atoms. The van der Waals surface area contributed by atoms with Crippen molar-refractivity contribution in [3.63, 3.8) is 0 Å². The maximum absolute atomic E-state index is 6.47. The molecule has 98 valence electrons. The minimum Gasteiger partial charge on any atom is -0.490 e. The molecule has 4 heteroatoms. The molecule has 2 aliphatic rings. The third kappa shape index (κ3) is 1.69. The Hall–Kier alpha value is -0.930. The van der Waals surface area contributed by atoms with Gasteiger partial charge in [-0.25, -0.2) is 0 Å². The Labute approximate surface area is 112 Å². The lowest BCUT2D eigenvalue weighted by molar-refractivity contribution is 0.252. The van der Waals surface area contributed by atoms with E-state index < -0.39 is 0 Å². The first-order chi connectivity index (χ1) is 8.61. The van der Waals surface area contributed by atoms with Crippen LogP contribution in [-0.2, 0) is 19.3 Å². The zero-order valence-electron chi connectivity index (χ0n) is 10.8. The van der Waals surface area contributed by atoms with Gasteiger partial charge in [-0.1, -0.05) is 11.6 Å². The van der Waals surface area contributed by atoms with Crippen LogP contribution in [0.3, 0.4) is 0 Å². The number of rotatable bonds is 2. The van der Waals surface area contributed by atoms with Crippen LogP contribution in [0.5, 0.6) is 11.5 Å². The predicted octanol–water partition coefficient (Wildman–Crippen LogP) is 2.49. The molecule has 0 amide bonds. The molecule has 1 aromatic carbocycles. The van der Waals surface area contributed by atoms with Crippen LogP contribution in [0.15, 0.2) is 0 Å². The molecule has 0 fully saturated rings. The molecule has 0 saturated heterocycles. The number of halogens is 1. The molecule has 2 N–H and O–H groups in total. The zero-order chi connectivity index (χ0) is 12.9. The molecule has 2 atom stereocenters. The summed E-state index contributed by atoms with van der Waals surface area (Å²) in [6.45, 7) is 4.75. The number of ether oxygens (including phenoxy) is 2. The van der Waals surface area contributed by atoms with Crippen molar-refractivity contribution in [3.8, 4) is 11.5 Å². The second-order valence-electron chi connectivity index (χ2n) is 5.21. The maximum atomic E-state index is 6.47. The SMILES string of the molecule is CC1Cc2c(CCN)c3c(c(Cl)c2O1)CC(C)O3. The van der Waals surface area contributed by atoms with Gasteiger partial charge in [-0.15, -0.1) is 0 Å². The highest BCUT2D eigenvalue weighted by Crippen LogP contribution is 2.49. The van der Waals surface area contributed by atoms with Gasteiger partial charge in [0, 0.05) is 29.5 Å². The van der Waals surface area contributed by atoms with Gasteiger partial charge < -0.3 is 15.2 Å². The lowest BCUT2D eigenvalue weighted by atomic mass is 9.96. The van der Waals surface area contributed by atoms with Crippen LogP contribution < -0.4 is 15.2 Å². The predicted molar refractivity (Wildman–Crippen MR) is 71.8 cm³/mol. The molecule has 0 spiro atoms. The van der Waals surface area contributed by atoms with Gasteiger partial charge in [-0.3, -0.25) is 0 Å².